The van der Waals surface area contributed by atoms with Crippen LogP contribution in [-0.2, 0) is 0 Å². The predicted octanol–water partition coefficient (Wildman–Crippen LogP) is 0.618. The highest BCUT2D eigenvalue weighted by atomic mass is 16.3. The molecule has 0 aromatic heterocycles. The van der Waals surface area contributed by atoms with Crippen LogP contribution >= 0.6 is 0 Å². The van der Waals surface area contributed by atoms with Gasteiger partial charge in [0.1, 0.15) is 0 Å². The van der Waals surface area contributed by atoms with Crippen molar-refractivity contribution in [3.8, 4) is 0 Å². The van der Waals surface area contributed by atoms with E-state index in [0.29, 0.717) is 6.54 Å². The van der Waals surface area contributed by atoms with E-state index < -0.39 is 5.60 Å². The molecule has 3 heteroatoms. The van der Waals surface area contributed by atoms with Crippen LogP contribution in [0.4, 0.5) is 0 Å². The summed E-state index contributed by atoms with van der Waals surface area (Å²) in [6, 6.07) is 0.214. The van der Waals surface area contributed by atoms with Gasteiger partial charge in [-0.2, -0.15) is 0 Å². The summed E-state index contributed by atoms with van der Waals surface area (Å²) >= 11 is 0. The van der Waals surface area contributed by atoms with Crippen LogP contribution in [0.15, 0.2) is 0 Å². The second kappa shape index (κ2) is 4.94. The van der Waals surface area contributed by atoms with Crippen LogP contribution in [-0.4, -0.2) is 29.8 Å². The summed E-state index contributed by atoms with van der Waals surface area (Å²) < 4.78 is 0. The number of hydrogen-bond acceptors (Lipinski definition) is 3. The first-order chi connectivity index (χ1) is 6.23. The van der Waals surface area contributed by atoms with Crippen molar-refractivity contribution >= 4 is 0 Å². The molecule has 0 radical (unpaired) electrons. The molecule has 1 heterocycles. The molecule has 2 atom stereocenters. The van der Waals surface area contributed by atoms with E-state index in [4.69, 9.17) is 5.73 Å². The standard InChI is InChI=1S/C10H22N2O/c1-2-6-10(13,8-11)9-5-3-4-7-12-9/h9,12-13H,2-8,11H2,1H3. The third-order valence-electron chi connectivity index (χ3n) is 3.00. The highest BCUT2D eigenvalue weighted by molar-refractivity contribution is 4.93. The Hall–Kier alpha value is -0.120. The molecule has 0 saturated carbocycles. The van der Waals surface area contributed by atoms with Gasteiger partial charge in [-0.1, -0.05) is 19.8 Å². The maximum atomic E-state index is 10.3. The van der Waals surface area contributed by atoms with Gasteiger partial charge in [0.15, 0.2) is 0 Å². The minimum absolute atomic E-state index is 0.214. The molecule has 1 aliphatic heterocycles. The van der Waals surface area contributed by atoms with Gasteiger partial charge in [0.2, 0.25) is 0 Å². The monoisotopic (exact) mass is 186 g/mol. The lowest BCUT2D eigenvalue weighted by Crippen LogP contribution is -2.56. The van der Waals surface area contributed by atoms with E-state index >= 15 is 0 Å². The lowest BCUT2D eigenvalue weighted by atomic mass is 9.84. The summed E-state index contributed by atoms with van der Waals surface area (Å²) in [5, 5.41) is 13.6. The second-order valence-corrected chi connectivity index (χ2v) is 4.06. The van der Waals surface area contributed by atoms with Gasteiger partial charge in [-0.05, 0) is 25.8 Å². The Morgan fingerprint density at radius 3 is 2.77 bits per heavy atom. The van der Waals surface area contributed by atoms with Crippen molar-refractivity contribution in [3.63, 3.8) is 0 Å². The third-order valence-corrected chi connectivity index (χ3v) is 3.00. The molecule has 1 fully saturated rings. The number of piperidine rings is 1. The Balaban J connectivity index is 2.51. The van der Waals surface area contributed by atoms with Gasteiger partial charge < -0.3 is 16.2 Å². The van der Waals surface area contributed by atoms with Crippen molar-refractivity contribution in [2.24, 2.45) is 5.73 Å². The van der Waals surface area contributed by atoms with Crippen LogP contribution in [0.2, 0.25) is 0 Å². The second-order valence-electron chi connectivity index (χ2n) is 4.06. The lowest BCUT2D eigenvalue weighted by molar-refractivity contribution is -0.00719. The number of aliphatic hydroxyl groups is 1. The molecule has 1 rings (SSSR count). The summed E-state index contributed by atoms with van der Waals surface area (Å²) in [5.74, 6) is 0. The molecule has 13 heavy (non-hydrogen) atoms. The van der Waals surface area contributed by atoms with E-state index in [1.54, 1.807) is 0 Å². The fourth-order valence-electron chi connectivity index (χ4n) is 2.16. The van der Waals surface area contributed by atoms with Crippen molar-refractivity contribution in [2.45, 2.75) is 50.7 Å². The molecule has 0 amide bonds. The van der Waals surface area contributed by atoms with Crippen molar-refractivity contribution in [1.82, 2.24) is 5.32 Å². The fourth-order valence-corrected chi connectivity index (χ4v) is 2.16. The summed E-state index contributed by atoms with van der Waals surface area (Å²) in [6.45, 7) is 3.48. The van der Waals surface area contributed by atoms with Crippen LogP contribution in [0.25, 0.3) is 0 Å². The predicted molar refractivity (Wildman–Crippen MR) is 54.6 cm³/mol. The Labute approximate surface area is 80.7 Å². The lowest BCUT2D eigenvalue weighted by Gasteiger charge is -2.38. The molecule has 0 spiro atoms. The number of nitrogens with one attached hydrogen (secondary N) is 1. The van der Waals surface area contributed by atoms with Crippen LogP contribution in [0.1, 0.15) is 39.0 Å². The molecule has 78 valence electrons. The average molecular weight is 186 g/mol. The van der Waals surface area contributed by atoms with Gasteiger partial charge in [0, 0.05) is 12.6 Å². The van der Waals surface area contributed by atoms with E-state index in [9.17, 15) is 5.11 Å². The smallest absolute Gasteiger partial charge is 0.0921 e. The van der Waals surface area contributed by atoms with Crippen LogP contribution in [0.3, 0.4) is 0 Å². The summed E-state index contributed by atoms with van der Waals surface area (Å²) in [4.78, 5) is 0. The van der Waals surface area contributed by atoms with Crippen LogP contribution in [0, 0.1) is 0 Å². The van der Waals surface area contributed by atoms with Crippen LogP contribution in [0.5, 0.6) is 0 Å². The molecule has 0 bridgehead atoms. The highest BCUT2D eigenvalue weighted by Gasteiger charge is 2.34. The fraction of sp³-hybridized carbons (Fsp3) is 1.00. The maximum Gasteiger partial charge on any atom is 0.0921 e. The zero-order chi connectivity index (χ0) is 9.73. The molecule has 0 aromatic rings. The van der Waals surface area contributed by atoms with E-state index in [0.717, 1.165) is 25.8 Å². The first-order valence-corrected chi connectivity index (χ1v) is 5.39. The van der Waals surface area contributed by atoms with Crippen LogP contribution < -0.4 is 11.1 Å². The summed E-state index contributed by atoms with van der Waals surface area (Å²) in [6.07, 6.45) is 5.30. The molecule has 0 aliphatic carbocycles. The first kappa shape index (κ1) is 11.0. The summed E-state index contributed by atoms with van der Waals surface area (Å²) in [5.41, 5.74) is 4.96. The van der Waals surface area contributed by atoms with Crippen molar-refractivity contribution < 1.29 is 5.11 Å². The van der Waals surface area contributed by atoms with E-state index in [2.05, 4.69) is 12.2 Å². The number of rotatable bonds is 4. The number of hydrogen-bond donors (Lipinski definition) is 3. The van der Waals surface area contributed by atoms with Crippen molar-refractivity contribution in [2.75, 3.05) is 13.1 Å². The van der Waals surface area contributed by atoms with Gasteiger partial charge in [0.05, 0.1) is 5.60 Å². The number of nitrogens with two attached hydrogens (primary N) is 1. The molecule has 0 aromatic carbocycles. The Morgan fingerprint density at radius 2 is 2.31 bits per heavy atom. The maximum absolute atomic E-state index is 10.3. The molecule has 3 nitrogen and oxygen atoms in total. The van der Waals surface area contributed by atoms with Gasteiger partial charge >= 0.3 is 0 Å². The first-order valence-electron chi connectivity index (χ1n) is 5.39. The Morgan fingerprint density at radius 1 is 1.54 bits per heavy atom. The molecule has 1 saturated heterocycles. The van der Waals surface area contributed by atoms with Crippen molar-refractivity contribution in [1.29, 1.82) is 0 Å². The van der Waals surface area contributed by atoms with Gasteiger partial charge in [-0.15, -0.1) is 0 Å². The summed E-state index contributed by atoms with van der Waals surface area (Å²) in [7, 11) is 0. The van der Waals surface area contributed by atoms with E-state index in [1.807, 2.05) is 0 Å². The topological polar surface area (TPSA) is 58.3 Å². The van der Waals surface area contributed by atoms with E-state index in [-0.39, 0.29) is 6.04 Å². The molecule has 2 unspecified atom stereocenters. The zero-order valence-corrected chi connectivity index (χ0v) is 8.55. The Kier molecular flexibility index (Phi) is 4.16. The quantitative estimate of drug-likeness (QED) is 0.603. The van der Waals surface area contributed by atoms with Gasteiger partial charge in [-0.25, -0.2) is 0 Å². The highest BCUT2D eigenvalue weighted by Crippen LogP contribution is 2.22. The SMILES string of the molecule is CCCC(O)(CN)C1CCCCN1. The minimum atomic E-state index is -0.671. The zero-order valence-electron chi connectivity index (χ0n) is 8.55. The minimum Gasteiger partial charge on any atom is -0.387 e. The van der Waals surface area contributed by atoms with Crippen molar-refractivity contribution in [3.05, 3.63) is 0 Å². The molecular weight excluding hydrogens is 164 g/mol. The largest absolute Gasteiger partial charge is 0.387 e. The molecular formula is C10H22N2O. The van der Waals surface area contributed by atoms with E-state index in [1.165, 1.54) is 12.8 Å². The third kappa shape index (κ3) is 2.66. The average Bonchev–Trinajstić information content (AvgIpc) is 2.19. The normalized spacial score (nSPS) is 28.4. The van der Waals surface area contributed by atoms with Gasteiger partial charge in [0.25, 0.3) is 0 Å². The molecule has 4 N–H and O–H groups in total. The Bertz CT molecular complexity index is 146. The molecule has 1 aliphatic rings. The van der Waals surface area contributed by atoms with Gasteiger partial charge in [-0.3, -0.25) is 0 Å².